The summed E-state index contributed by atoms with van der Waals surface area (Å²) in [4.78, 5) is 26.5. The lowest BCUT2D eigenvalue weighted by atomic mass is 10.1. The van der Waals surface area contributed by atoms with E-state index in [0.717, 1.165) is 12.3 Å². The average Bonchev–Trinajstić information content (AvgIpc) is 3.14. The van der Waals surface area contributed by atoms with Crippen LogP contribution in [-0.2, 0) is 4.74 Å². The molecular formula is C18H16N2O7. The molecule has 1 aliphatic rings. The quantitative estimate of drug-likeness (QED) is 0.432. The Labute approximate surface area is 154 Å². The molecule has 2 heterocycles. The van der Waals surface area contributed by atoms with E-state index in [2.05, 4.69) is 4.98 Å². The minimum Gasteiger partial charge on any atom is -0.493 e. The maximum atomic E-state index is 12.1. The standard InChI is InChI=1S/C18H16N2O7/c1-3-25-18(21)13-8-12(20(22)23)9-19-14(13)5-4-11-6-15(24-2)17-16(7-11)26-10-27-17/h4-9H,3,10H2,1-2H3/b5-4+. The fourth-order valence-electron chi connectivity index (χ4n) is 2.49. The molecular weight excluding hydrogens is 356 g/mol. The van der Waals surface area contributed by atoms with Crippen molar-refractivity contribution in [3.05, 3.63) is 51.3 Å². The summed E-state index contributed by atoms with van der Waals surface area (Å²) in [5.74, 6) is 0.884. The molecule has 0 bridgehead atoms. The zero-order valence-electron chi connectivity index (χ0n) is 14.6. The normalized spacial score (nSPS) is 12.2. The second kappa shape index (κ2) is 7.73. The van der Waals surface area contributed by atoms with Gasteiger partial charge in [-0.05, 0) is 30.7 Å². The Morgan fingerprint density at radius 1 is 1.33 bits per heavy atom. The van der Waals surface area contributed by atoms with E-state index in [-0.39, 0.29) is 30.3 Å². The SMILES string of the molecule is CCOC(=O)c1cc([N+](=O)[O-])cnc1/C=C/c1cc(OC)c2c(c1)OCO2. The number of nitrogens with zero attached hydrogens (tertiary/aromatic N) is 2. The van der Waals surface area contributed by atoms with E-state index in [0.29, 0.717) is 22.8 Å². The molecule has 0 atom stereocenters. The Morgan fingerprint density at radius 2 is 2.15 bits per heavy atom. The van der Waals surface area contributed by atoms with E-state index in [1.807, 2.05) is 0 Å². The van der Waals surface area contributed by atoms with Crippen molar-refractivity contribution in [1.82, 2.24) is 4.98 Å². The molecule has 0 N–H and O–H groups in total. The van der Waals surface area contributed by atoms with Gasteiger partial charge >= 0.3 is 5.97 Å². The smallest absolute Gasteiger partial charge is 0.340 e. The minimum atomic E-state index is -0.684. The van der Waals surface area contributed by atoms with Crippen molar-refractivity contribution in [3.8, 4) is 17.2 Å². The van der Waals surface area contributed by atoms with Gasteiger partial charge < -0.3 is 18.9 Å². The Balaban J connectivity index is 1.97. The zero-order valence-corrected chi connectivity index (χ0v) is 14.6. The highest BCUT2D eigenvalue weighted by Crippen LogP contribution is 2.42. The van der Waals surface area contributed by atoms with Gasteiger partial charge in [-0.2, -0.15) is 0 Å². The fourth-order valence-corrected chi connectivity index (χ4v) is 2.49. The highest BCUT2D eigenvalue weighted by molar-refractivity contribution is 5.94. The highest BCUT2D eigenvalue weighted by atomic mass is 16.7. The van der Waals surface area contributed by atoms with Crippen molar-refractivity contribution in [2.45, 2.75) is 6.92 Å². The third-order valence-electron chi connectivity index (χ3n) is 3.72. The van der Waals surface area contributed by atoms with Crippen LogP contribution in [0.1, 0.15) is 28.5 Å². The van der Waals surface area contributed by atoms with Crippen molar-refractivity contribution >= 4 is 23.8 Å². The number of methoxy groups -OCH3 is 1. The van der Waals surface area contributed by atoms with Crippen molar-refractivity contribution in [1.29, 1.82) is 0 Å². The van der Waals surface area contributed by atoms with E-state index in [9.17, 15) is 14.9 Å². The van der Waals surface area contributed by atoms with Crippen molar-refractivity contribution in [2.75, 3.05) is 20.5 Å². The van der Waals surface area contributed by atoms with Crippen molar-refractivity contribution in [2.24, 2.45) is 0 Å². The van der Waals surface area contributed by atoms with Gasteiger partial charge in [-0.1, -0.05) is 6.08 Å². The molecule has 0 aliphatic carbocycles. The molecule has 1 aliphatic heterocycles. The summed E-state index contributed by atoms with van der Waals surface area (Å²) in [6, 6.07) is 4.63. The lowest BCUT2D eigenvalue weighted by Gasteiger charge is -2.07. The Kier molecular flexibility index (Phi) is 5.20. The molecule has 0 amide bonds. The average molecular weight is 372 g/mol. The predicted octanol–water partition coefficient (Wildman–Crippen LogP) is 3.07. The highest BCUT2D eigenvalue weighted by Gasteiger charge is 2.20. The Bertz CT molecular complexity index is 924. The van der Waals surface area contributed by atoms with Gasteiger partial charge in [-0.15, -0.1) is 0 Å². The van der Waals surface area contributed by atoms with Crippen LogP contribution in [-0.4, -0.2) is 36.4 Å². The first kappa shape index (κ1) is 18.2. The molecule has 0 fully saturated rings. The predicted molar refractivity (Wildman–Crippen MR) is 94.9 cm³/mol. The first-order valence-electron chi connectivity index (χ1n) is 8.00. The lowest BCUT2D eigenvalue weighted by molar-refractivity contribution is -0.385. The number of benzene rings is 1. The molecule has 1 aromatic heterocycles. The lowest BCUT2D eigenvalue weighted by Crippen LogP contribution is -2.08. The molecule has 3 rings (SSSR count). The van der Waals surface area contributed by atoms with Crippen LogP contribution in [0.15, 0.2) is 24.4 Å². The van der Waals surface area contributed by atoms with E-state index >= 15 is 0 Å². The van der Waals surface area contributed by atoms with E-state index < -0.39 is 10.9 Å². The van der Waals surface area contributed by atoms with Crippen LogP contribution in [0.2, 0.25) is 0 Å². The molecule has 0 radical (unpaired) electrons. The number of carbonyl (C=O) groups excluding carboxylic acids is 1. The molecule has 27 heavy (non-hydrogen) atoms. The summed E-state index contributed by atoms with van der Waals surface area (Å²) < 4.78 is 21.0. The largest absolute Gasteiger partial charge is 0.493 e. The second-order valence-corrected chi connectivity index (χ2v) is 5.39. The van der Waals surface area contributed by atoms with E-state index in [4.69, 9.17) is 18.9 Å². The van der Waals surface area contributed by atoms with Crippen LogP contribution in [0.3, 0.4) is 0 Å². The minimum absolute atomic E-state index is 0.00927. The summed E-state index contributed by atoms with van der Waals surface area (Å²) >= 11 is 0. The maximum absolute atomic E-state index is 12.1. The number of nitro groups is 1. The first-order chi connectivity index (χ1) is 13.0. The van der Waals surface area contributed by atoms with Gasteiger partial charge in [0.05, 0.1) is 29.9 Å². The number of hydrogen-bond acceptors (Lipinski definition) is 8. The van der Waals surface area contributed by atoms with E-state index in [1.54, 1.807) is 31.2 Å². The van der Waals surface area contributed by atoms with Gasteiger partial charge in [-0.25, -0.2) is 9.78 Å². The molecule has 2 aromatic rings. The van der Waals surface area contributed by atoms with Crippen LogP contribution >= 0.6 is 0 Å². The second-order valence-electron chi connectivity index (χ2n) is 5.39. The van der Waals surface area contributed by atoms with Crippen molar-refractivity contribution in [3.63, 3.8) is 0 Å². The zero-order chi connectivity index (χ0) is 19.4. The van der Waals surface area contributed by atoms with Gasteiger partial charge in [-0.3, -0.25) is 10.1 Å². The molecule has 0 unspecified atom stereocenters. The topological polar surface area (TPSA) is 110 Å². The molecule has 9 heteroatoms. The molecule has 140 valence electrons. The number of carbonyl (C=O) groups is 1. The summed E-state index contributed by atoms with van der Waals surface area (Å²) in [5, 5.41) is 11.0. The van der Waals surface area contributed by atoms with Gasteiger partial charge in [0.25, 0.3) is 5.69 Å². The summed E-state index contributed by atoms with van der Waals surface area (Å²) in [6.45, 7) is 1.90. The Hall–Kier alpha value is -3.62. The van der Waals surface area contributed by atoms with Crippen LogP contribution < -0.4 is 14.2 Å². The van der Waals surface area contributed by atoms with Gasteiger partial charge in [0, 0.05) is 6.07 Å². The molecule has 0 saturated heterocycles. The van der Waals surface area contributed by atoms with E-state index in [1.165, 1.54) is 7.11 Å². The maximum Gasteiger partial charge on any atom is 0.340 e. The molecule has 0 spiro atoms. The Morgan fingerprint density at radius 3 is 2.85 bits per heavy atom. The number of ether oxygens (including phenoxy) is 4. The van der Waals surface area contributed by atoms with Gasteiger partial charge in [0.2, 0.25) is 12.5 Å². The van der Waals surface area contributed by atoms with Gasteiger partial charge in [0.15, 0.2) is 11.5 Å². The monoisotopic (exact) mass is 372 g/mol. The third kappa shape index (κ3) is 3.81. The number of esters is 1. The third-order valence-corrected chi connectivity index (χ3v) is 3.72. The van der Waals surface area contributed by atoms with Crippen LogP contribution in [0.25, 0.3) is 12.2 Å². The summed E-state index contributed by atoms with van der Waals surface area (Å²) in [6.07, 6.45) is 4.33. The number of hydrogen-bond donors (Lipinski definition) is 0. The summed E-state index contributed by atoms with van der Waals surface area (Å²) in [5.41, 5.74) is 0.678. The van der Waals surface area contributed by atoms with Crippen molar-refractivity contribution < 1.29 is 28.7 Å². The molecule has 9 nitrogen and oxygen atoms in total. The van der Waals surface area contributed by atoms with Crippen LogP contribution in [0.5, 0.6) is 17.2 Å². The molecule has 0 saturated carbocycles. The number of rotatable bonds is 6. The fraction of sp³-hybridized carbons (Fsp3) is 0.222. The summed E-state index contributed by atoms with van der Waals surface area (Å²) in [7, 11) is 1.52. The number of pyridine rings is 1. The first-order valence-corrected chi connectivity index (χ1v) is 8.00. The number of fused-ring (bicyclic) bond motifs is 1. The number of aromatic nitrogens is 1. The van der Waals surface area contributed by atoms with Crippen LogP contribution in [0, 0.1) is 10.1 Å². The van der Waals surface area contributed by atoms with Crippen LogP contribution in [0.4, 0.5) is 5.69 Å². The molecule has 1 aromatic carbocycles. The van der Waals surface area contributed by atoms with Gasteiger partial charge in [0.1, 0.15) is 6.20 Å².